The first-order chi connectivity index (χ1) is 11.6. The molecule has 0 atom stereocenters. The third-order valence-electron chi connectivity index (χ3n) is 3.41. The van der Waals surface area contributed by atoms with Crippen molar-refractivity contribution in [3.63, 3.8) is 0 Å². The smallest absolute Gasteiger partial charge is 0.416 e. The first-order valence-corrected chi connectivity index (χ1v) is 8.49. The van der Waals surface area contributed by atoms with Crippen LogP contribution in [0.5, 0.6) is 11.5 Å². The lowest BCUT2D eigenvalue weighted by molar-refractivity contribution is -0.137. The van der Waals surface area contributed by atoms with Gasteiger partial charge >= 0.3 is 6.18 Å². The van der Waals surface area contributed by atoms with Gasteiger partial charge in [-0.15, -0.1) is 0 Å². The predicted octanol–water partition coefficient (Wildman–Crippen LogP) is 3.83. The summed E-state index contributed by atoms with van der Waals surface area (Å²) in [4.78, 5) is -0.123. The molecule has 0 unspecified atom stereocenters. The molecule has 0 aliphatic rings. The van der Waals surface area contributed by atoms with Crippen molar-refractivity contribution < 1.29 is 31.1 Å². The van der Waals surface area contributed by atoms with Crippen LogP contribution < -0.4 is 14.2 Å². The van der Waals surface area contributed by atoms with E-state index in [0.29, 0.717) is 11.3 Å². The van der Waals surface area contributed by atoms with Crippen LogP contribution in [0.3, 0.4) is 0 Å². The molecule has 0 aromatic heterocycles. The molecule has 25 heavy (non-hydrogen) atoms. The van der Waals surface area contributed by atoms with E-state index in [1.165, 1.54) is 32.4 Å². The number of methoxy groups -OCH3 is 2. The molecule has 0 heterocycles. The second kappa shape index (κ2) is 6.83. The van der Waals surface area contributed by atoms with Gasteiger partial charge in [-0.2, -0.15) is 13.2 Å². The lowest BCUT2D eigenvalue weighted by Crippen LogP contribution is -2.15. The Morgan fingerprint density at radius 1 is 1.00 bits per heavy atom. The number of nitrogens with one attached hydrogen (secondary N) is 1. The normalized spacial score (nSPS) is 11.9. The Morgan fingerprint density at radius 2 is 1.60 bits per heavy atom. The minimum absolute atomic E-state index is 0.123. The van der Waals surface area contributed by atoms with Crippen molar-refractivity contribution in [1.29, 1.82) is 0 Å². The van der Waals surface area contributed by atoms with Crippen LogP contribution in [0.1, 0.15) is 11.1 Å². The third-order valence-corrected chi connectivity index (χ3v) is 4.94. The van der Waals surface area contributed by atoms with Gasteiger partial charge in [-0.25, -0.2) is 8.42 Å². The highest BCUT2D eigenvalue weighted by Gasteiger charge is 2.31. The van der Waals surface area contributed by atoms with Crippen molar-refractivity contribution in [2.45, 2.75) is 18.0 Å². The maximum Gasteiger partial charge on any atom is 0.416 e. The zero-order chi connectivity index (χ0) is 18.8. The molecule has 0 spiro atoms. The Balaban J connectivity index is 2.44. The van der Waals surface area contributed by atoms with Crippen molar-refractivity contribution in [3.8, 4) is 11.5 Å². The largest absolute Gasteiger partial charge is 0.493 e. The van der Waals surface area contributed by atoms with E-state index in [1.807, 2.05) is 0 Å². The molecule has 0 saturated heterocycles. The number of hydrogen-bond donors (Lipinski definition) is 1. The average Bonchev–Trinajstić information content (AvgIpc) is 2.53. The molecular formula is C16H16F3NO4S. The Hall–Kier alpha value is -2.42. The second-order valence-electron chi connectivity index (χ2n) is 5.16. The number of aryl methyl sites for hydroxylation is 1. The molecule has 0 saturated carbocycles. The summed E-state index contributed by atoms with van der Waals surface area (Å²) in [5.74, 6) is 0.538. The summed E-state index contributed by atoms with van der Waals surface area (Å²) in [6.07, 6.45) is -4.57. The fourth-order valence-electron chi connectivity index (χ4n) is 2.22. The maximum atomic E-state index is 12.8. The number of ether oxygens (including phenoxy) is 2. The van der Waals surface area contributed by atoms with E-state index >= 15 is 0 Å². The lowest BCUT2D eigenvalue weighted by Gasteiger charge is -2.15. The van der Waals surface area contributed by atoms with Crippen LogP contribution in [0.25, 0.3) is 0 Å². The zero-order valence-electron chi connectivity index (χ0n) is 13.6. The molecule has 1 N–H and O–H groups in total. The zero-order valence-corrected chi connectivity index (χ0v) is 14.5. The highest BCUT2D eigenvalue weighted by molar-refractivity contribution is 7.92. The van der Waals surface area contributed by atoms with Gasteiger partial charge in [-0.3, -0.25) is 4.72 Å². The van der Waals surface area contributed by atoms with Crippen molar-refractivity contribution in [2.75, 3.05) is 18.9 Å². The van der Waals surface area contributed by atoms with Gasteiger partial charge in [0.2, 0.25) is 0 Å². The minimum atomic E-state index is -4.57. The van der Waals surface area contributed by atoms with Gasteiger partial charge in [-0.1, -0.05) is 6.07 Å². The summed E-state index contributed by atoms with van der Waals surface area (Å²) in [5, 5.41) is 0. The van der Waals surface area contributed by atoms with Gasteiger partial charge in [0.15, 0.2) is 11.5 Å². The summed E-state index contributed by atoms with van der Waals surface area (Å²) in [7, 11) is -1.36. The van der Waals surface area contributed by atoms with E-state index in [4.69, 9.17) is 9.47 Å². The predicted molar refractivity (Wildman–Crippen MR) is 86.5 cm³/mol. The first-order valence-electron chi connectivity index (χ1n) is 7.01. The summed E-state index contributed by atoms with van der Waals surface area (Å²) in [5.41, 5.74) is -0.780. The highest BCUT2D eigenvalue weighted by atomic mass is 32.2. The Bertz CT molecular complexity index is 879. The number of anilines is 1. The van der Waals surface area contributed by atoms with Crippen LogP contribution >= 0.6 is 0 Å². The van der Waals surface area contributed by atoms with Crippen LogP contribution in [0.15, 0.2) is 41.3 Å². The molecule has 0 fully saturated rings. The quantitative estimate of drug-likeness (QED) is 0.863. The summed E-state index contributed by atoms with van der Waals surface area (Å²) < 4.78 is 75.7. The molecule has 0 aliphatic carbocycles. The van der Waals surface area contributed by atoms with E-state index < -0.39 is 21.8 Å². The van der Waals surface area contributed by atoms with E-state index in [2.05, 4.69) is 4.72 Å². The van der Waals surface area contributed by atoms with Crippen molar-refractivity contribution in [1.82, 2.24) is 0 Å². The molecule has 0 bridgehead atoms. The Morgan fingerprint density at radius 3 is 2.16 bits per heavy atom. The second-order valence-corrected chi connectivity index (χ2v) is 6.81. The molecule has 0 radical (unpaired) electrons. The van der Waals surface area contributed by atoms with Gasteiger partial charge in [0, 0.05) is 11.8 Å². The summed E-state index contributed by atoms with van der Waals surface area (Å²) in [6, 6.07) is 6.68. The molecule has 9 heteroatoms. The summed E-state index contributed by atoms with van der Waals surface area (Å²) in [6.45, 7) is 1.54. The fraction of sp³-hybridized carbons (Fsp3) is 0.250. The van der Waals surface area contributed by atoms with Crippen molar-refractivity contribution >= 4 is 15.7 Å². The maximum absolute atomic E-state index is 12.8. The molecular weight excluding hydrogens is 359 g/mol. The molecule has 2 aromatic rings. The van der Waals surface area contributed by atoms with Gasteiger partial charge in [0.25, 0.3) is 10.0 Å². The van der Waals surface area contributed by atoms with Crippen LogP contribution in [0, 0.1) is 6.92 Å². The van der Waals surface area contributed by atoms with Crippen LogP contribution in [-0.4, -0.2) is 22.6 Å². The highest BCUT2D eigenvalue weighted by Crippen LogP contribution is 2.34. The lowest BCUT2D eigenvalue weighted by atomic mass is 10.2. The van der Waals surface area contributed by atoms with Gasteiger partial charge in [0.05, 0.1) is 24.7 Å². The number of hydrogen-bond acceptors (Lipinski definition) is 4. The Labute approximate surface area is 143 Å². The third kappa shape index (κ3) is 4.16. The monoisotopic (exact) mass is 375 g/mol. The number of benzene rings is 2. The van der Waals surface area contributed by atoms with Crippen LogP contribution in [0.2, 0.25) is 0 Å². The van der Waals surface area contributed by atoms with Gasteiger partial charge < -0.3 is 9.47 Å². The van der Waals surface area contributed by atoms with Gasteiger partial charge in [0.1, 0.15) is 0 Å². The summed E-state index contributed by atoms with van der Waals surface area (Å²) >= 11 is 0. The van der Waals surface area contributed by atoms with E-state index in [9.17, 15) is 21.6 Å². The van der Waals surface area contributed by atoms with Crippen molar-refractivity contribution in [2.24, 2.45) is 0 Å². The molecule has 0 amide bonds. The molecule has 136 valence electrons. The minimum Gasteiger partial charge on any atom is -0.493 e. The first kappa shape index (κ1) is 18.9. The van der Waals surface area contributed by atoms with E-state index in [-0.39, 0.29) is 16.3 Å². The molecule has 2 rings (SSSR count). The number of rotatable bonds is 5. The van der Waals surface area contributed by atoms with E-state index in [1.54, 1.807) is 6.92 Å². The SMILES string of the molecule is COc1cc(C)c(S(=O)(=O)Nc2cccc(C(F)(F)F)c2)cc1OC. The Kier molecular flexibility index (Phi) is 5.17. The molecule has 5 nitrogen and oxygen atoms in total. The number of sulfonamides is 1. The van der Waals surface area contributed by atoms with Crippen LogP contribution in [0.4, 0.5) is 18.9 Å². The molecule has 0 aliphatic heterocycles. The standard InChI is InChI=1S/C16H16F3NO4S/c1-10-7-13(23-2)14(24-3)9-15(10)25(21,22)20-12-6-4-5-11(8-12)16(17,18)19/h4-9,20H,1-3H3. The topological polar surface area (TPSA) is 64.6 Å². The average molecular weight is 375 g/mol. The van der Waals surface area contributed by atoms with E-state index in [0.717, 1.165) is 18.2 Å². The van der Waals surface area contributed by atoms with Gasteiger partial charge in [-0.05, 0) is 36.8 Å². The number of halogens is 3. The van der Waals surface area contributed by atoms with Crippen molar-refractivity contribution in [3.05, 3.63) is 47.5 Å². The van der Waals surface area contributed by atoms with Crippen LogP contribution in [-0.2, 0) is 16.2 Å². The number of alkyl halides is 3. The molecule has 2 aromatic carbocycles. The fourth-order valence-corrected chi connectivity index (χ4v) is 3.51.